The van der Waals surface area contributed by atoms with Gasteiger partial charge in [0.15, 0.2) is 0 Å². The Balaban J connectivity index is 2.04. The summed E-state index contributed by atoms with van der Waals surface area (Å²) in [6, 6.07) is 3.92. The molecule has 3 rings (SSSR count). The van der Waals surface area contributed by atoms with Crippen molar-refractivity contribution in [3.8, 4) is 0 Å². The minimum Gasteiger partial charge on any atom is -0.330 e. The lowest BCUT2D eigenvalue weighted by Crippen LogP contribution is -2.38. The first-order chi connectivity index (χ1) is 8.75. The van der Waals surface area contributed by atoms with Crippen molar-refractivity contribution in [2.24, 2.45) is 5.73 Å². The van der Waals surface area contributed by atoms with Gasteiger partial charge >= 0.3 is 0 Å². The molecule has 0 unspecified atom stereocenters. The third-order valence-electron chi connectivity index (χ3n) is 4.95. The summed E-state index contributed by atoms with van der Waals surface area (Å²) < 4.78 is 14.4. The monoisotopic (exact) mass is 247 g/mol. The summed E-state index contributed by atoms with van der Waals surface area (Å²) in [5.74, 6) is -0.0111. The van der Waals surface area contributed by atoms with E-state index >= 15 is 0 Å². The maximum atomic E-state index is 14.4. The molecule has 1 fully saturated rings. The van der Waals surface area contributed by atoms with E-state index in [9.17, 15) is 4.39 Å². The molecular weight excluding hydrogens is 225 g/mol. The second-order valence-corrected chi connectivity index (χ2v) is 6.00. The maximum absolute atomic E-state index is 14.4. The molecule has 2 aliphatic carbocycles. The van der Waals surface area contributed by atoms with Crippen LogP contribution in [0.15, 0.2) is 12.1 Å². The van der Waals surface area contributed by atoms with Crippen LogP contribution in [0.3, 0.4) is 0 Å². The van der Waals surface area contributed by atoms with Gasteiger partial charge in [-0.15, -0.1) is 0 Å². The highest BCUT2D eigenvalue weighted by Gasteiger charge is 2.35. The number of nitrogens with two attached hydrogens (primary N) is 1. The van der Waals surface area contributed by atoms with Gasteiger partial charge in [-0.25, -0.2) is 4.39 Å². The molecule has 1 saturated carbocycles. The number of benzene rings is 1. The second-order valence-electron chi connectivity index (χ2n) is 6.00. The zero-order valence-corrected chi connectivity index (χ0v) is 11.0. The van der Waals surface area contributed by atoms with Gasteiger partial charge in [-0.05, 0) is 54.9 Å². The predicted octanol–water partition coefficient (Wildman–Crippen LogP) is 3.48. The molecule has 1 aromatic rings. The van der Waals surface area contributed by atoms with E-state index in [4.69, 9.17) is 5.73 Å². The lowest BCUT2D eigenvalue weighted by atomic mass is 9.69. The minimum absolute atomic E-state index is 0.0111. The molecule has 2 N–H and O–H groups in total. The zero-order valence-electron chi connectivity index (χ0n) is 11.0. The van der Waals surface area contributed by atoms with Crippen LogP contribution in [0.4, 0.5) is 4.39 Å². The first-order valence-corrected chi connectivity index (χ1v) is 7.27. The Bertz CT molecular complexity index is 447. The van der Waals surface area contributed by atoms with E-state index < -0.39 is 0 Å². The Morgan fingerprint density at radius 2 is 1.67 bits per heavy atom. The first kappa shape index (κ1) is 12.2. The van der Waals surface area contributed by atoms with Gasteiger partial charge < -0.3 is 5.73 Å². The summed E-state index contributed by atoms with van der Waals surface area (Å²) in [4.78, 5) is 0. The third kappa shape index (κ3) is 1.87. The van der Waals surface area contributed by atoms with E-state index in [2.05, 4.69) is 6.07 Å². The molecule has 0 heterocycles. The standard InChI is InChI=1S/C16H22FN/c17-15-10-13-6-4-5-12(13)9-14(15)16(11-18)7-2-1-3-8-16/h9-10H,1-8,11,18H2. The van der Waals surface area contributed by atoms with Crippen LogP contribution in [-0.2, 0) is 18.3 Å². The number of fused-ring (bicyclic) bond motifs is 1. The summed E-state index contributed by atoms with van der Waals surface area (Å²) >= 11 is 0. The van der Waals surface area contributed by atoms with Crippen LogP contribution in [-0.4, -0.2) is 6.54 Å². The van der Waals surface area contributed by atoms with Crippen molar-refractivity contribution >= 4 is 0 Å². The number of hydrogen-bond acceptors (Lipinski definition) is 1. The van der Waals surface area contributed by atoms with Crippen molar-refractivity contribution in [2.75, 3.05) is 6.54 Å². The van der Waals surface area contributed by atoms with Crippen molar-refractivity contribution < 1.29 is 4.39 Å². The number of hydrogen-bond donors (Lipinski definition) is 1. The van der Waals surface area contributed by atoms with Crippen LogP contribution in [0, 0.1) is 5.82 Å². The Labute approximate surface area is 109 Å². The van der Waals surface area contributed by atoms with Crippen LogP contribution < -0.4 is 5.73 Å². The van der Waals surface area contributed by atoms with Gasteiger partial charge in [-0.2, -0.15) is 0 Å². The number of rotatable bonds is 2. The molecule has 0 amide bonds. The SMILES string of the molecule is NCC1(c2cc3c(cc2F)CCC3)CCCCC1. The van der Waals surface area contributed by atoms with E-state index in [1.807, 2.05) is 0 Å². The Hall–Kier alpha value is -0.890. The van der Waals surface area contributed by atoms with Crippen LogP contribution in [0.25, 0.3) is 0 Å². The Kier molecular flexibility index (Phi) is 3.14. The van der Waals surface area contributed by atoms with E-state index in [1.165, 1.54) is 36.8 Å². The highest BCUT2D eigenvalue weighted by molar-refractivity contribution is 5.40. The fourth-order valence-corrected chi connectivity index (χ4v) is 3.81. The van der Waals surface area contributed by atoms with Gasteiger partial charge in [-0.1, -0.05) is 25.3 Å². The average Bonchev–Trinajstić information content (AvgIpc) is 2.85. The molecule has 0 spiro atoms. The Morgan fingerprint density at radius 3 is 2.33 bits per heavy atom. The summed E-state index contributed by atoms with van der Waals surface area (Å²) in [5, 5.41) is 0. The first-order valence-electron chi connectivity index (χ1n) is 7.27. The van der Waals surface area contributed by atoms with Crippen molar-refractivity contribution in [2.45, 2.75) is 56.8 Å². The van der Waals surface area contributed by atoms with Crippen molar-refractivity contribution in [1.29, 1.82) is 0 Å². The minimum atomic E-state index is -0.0834. The van der Waals surface area contributed by atoms with Gasteiger partial charge in [0, 0.05) is 12.0 Å². The third-order valence-corrected chi connectivity index (χ3v) is 4.95. The molecule has 1 aromatic carbocycles. The van der Waals surface area contributed by atoms with E-state index in [0.717, 1.165) is 31.2 Å². The van der Waals surface area contributed by atoms with Gasteiger partial charge in [0.05, 0.1) is 0 Å². The van der Waals surface area contributed by atoms with Gasteiger partial charge in [0.25, 0.3) is 0 Å². The topological polar surface area (TPSA) is 26.0 Å². The highest BCUT2D eigenvalue weighted by Crippen LogP contribution is 2.41. The lowest BCUT2D eigenvalue weighted by Gasteiger charge is -2.37. The van der Waals surface area contributed by atoms with Crippen LogP contribution in [0.5, 0.6) is 0 Å². The zero-order chi connectivity index (χ0) is 12.6. The average molecular weight is 247 g/mol. The number of aryl methyl sites for hydroxylation is 2. The smallest absolute Gasteiger partial charge is 0.127 e. The second kappa shape index (κ2) is 4.65. The molecular formula is C16H22FN. The summed E-state index contributed by atoms with van der Waals surface area (Å²) in [6.07, 6.45) is 9.09. The van der Waals surface area contributed by atoms with E-state index in [1.54, 1.807) is 6.07 Å². The molecule has 0 bridgehead atoms. The molecule has 1 nitrogen and oxygen atoms in total. The summed E-state index contributed by atoms with van der Waals surface area (Å²) in [6.45, 7) is 0.586. The molecule has 0 saturated heterocycles. The van der Waals surface area contributed by atoms with E-state index in [-0.39, 0.29) is 11.2 Å². The molecule has 2 aliphatic rings. The van der Waals surface area contributed by atoms with Crippen molar-refractivity contribution in [3.05, 3.63) is 34.6 Å². The summed E-state index contributed by atoms with van der Waals surface area (Å²) in [7, 11) is 0. The molecule has 0 atom stereocenters. The fourth-order valence-electron chi connectivity index (χ4n) is 3.81. The predicted molar refractivity (Wildman–Crippen MR) is 72.2 cm³/mol. The molecule has 0 radical (unpaired) electrons. The van der Waals surface area contributed by atoms with Crippen LogP contribution in [0.1, 0.15) is 55.2 Å². The quantitative estimate of drug-likeness (QED) is 0.850. The number of halogens is 1. The molecule has 0 aromatic heterocycles. The van der Waals surface area contributed by atoms with Gasteiger partial charge in [-0.3, -0.25) is 0 Å². The lowest BCUT2D eigenvalue weighted by molar-refractivity contribution is 0.291. The normalized spacial score (nSPS) is 21.9. The van der Waals surface area contributed by atoms with Crippen molar-refractivity contribution in [1.82, 2.24) is 0 Å². The summed E-state index contributed by atoms with van der Waals surface area (Å²) in [5.41, 5.74) is 9.43. The van der Waals surface area contributed by atoms with Crippen molar-refractivity contribution in [3.63, 3.8) is 0 Å². The highest BCUT2D eigenvalue weighted by atomic mass is 19.1. The van der Waals surface area contributed by atoms with Crippen LogP contribution in [0.2, 0.25) is 0 Å². The Morgan fingerprint density at radius 1 is 1.00 bits per heavy atom. The van der Waals surface area contributed by atoms with Crippen LogP contribution >= 0.6 is 0 Å². The molecule has 2 heteroatoms. The van der Waals surface area contributed by atoms with E-state index in [0.29, 0.717) is 6.54 Å². The maximum Gasteiger partial charge on any atom is 0.127 e. The van der Waals surface area contributed by atoms with Gasteiger partial charge in [0.2, 0.25) is 0 Å². The molecule has 0 aliphatic heterocycles. The molecule has 18 heavy (non-hydrogen) atoms. The van der Waals surface area contributed by atoms with Gasteiger partial charge in [0.1, 0.15) is 5.82 Å². The molecule has 98 valence electrons. The fraction of sp³-hybridized carbons (Fsp3) is 0.625. The largest absolute Gasteiger partial charge is 0.330 e.